The molecule has 1 atom stereocenters. The summed E-state index contributed by atoms with van der Waals surface area (Å²) >= 11 is 1.62. The van der Waals surface area contributed by atoms with Crippen LogP contribution in [0.25, 0.3) is 0 Å². The Hall–Kier alpha value is -3.41. The van der Waals surface area contributed by atoms with E-state index in [1.807, 2.05) is 0 Å². The molecule has 2 aromatic carbocycles. The van der Waals surface area contributed by atoms with Crippen molar-refractivity contribution in [3.05, 3.63) is 59.4 Å². The molecule has 1 aliphatic heterocycles. The number of carbonyl (C=O) groups is 3. The van der Waals surface area contributed by atoms with Crippen LogP contribution in [0.15, 0.2) is 42.5 Å². The molecule has 3 rings (SSSR count). The second-order valence-electron chi connectivity index (χ2n) is 7.35. The van der Waals surface area contributed by atoms with Crippen LogP contribution in [0.1, 0.15) is 15.9 Å². The van der Waals surface area contributed by atoms with E-state index in [4.69, 9.17) is 4.74 Å². The van der Waals surface area contributed by atoms with Crippen molar-refractivity contribution in [1.82, 2.24) is 15.8 Å². The van der Waals surface area contributed by atoms with Crippen LogP contribution in [0.2, 0.25) is 0 Å². The minimum absolute atomic E-state index is 0.0603. The lowest BCUT2D eigenvalue weighted by Gasteiger charge is -2.32. The molecule has 0 bridgehead atoms. The predicted octanol–water partition coefficient (Wildman–Crippen LogP) is 3.05. The maximum atomic E-state index is 14.6. The van der Waals surface area contributed by atoms with Crippen LogP contribution in [-0.2, 0) is 11.2 Å². The van der Waals surface area contributed by atoms with Crippen molar-refractivity contribution < 1.29 is 32.3 Å². The summed E-state index contributed by atoms with van der Waals surface area (Å²) in [6.45, 7) is 0.961. The highest BCUT2D eigenvalue weighted by Crippen LogP contribution is 2.25. The summed E-state index contributed by atoms with van der Waals surface area (Å²) < 4.78 is 44.1. The minimum Gasteiger partial charge on any atom is -0.497 e. The van der Waals surface area contributed by atoms with E-state index in [0.29, 0.717) is 42.3 Å². The van der Waals surface area contributed by atoms with Gasteiger partial charge < -0.3 is 15.0 Å². The molecule has 4 amide bonds. The summed E-state index contributed by atoms with van der Waals surface area (Å²) in [6.07, 6.45) is -2.96. The standard InChI is InChI=1S/C22H23F3N4O4S/c1-33-16-6-4-15(5-7-16)26-22(32)29-8-9-34-17(12-29)10-13-2-3-14(11-18(13)23)20(30)27-28-21(31)19(24)25/h2-7,11,17,19H,8-10,12H2,1H3,(H,26,32)(H,27,30)(H,28,31). The summed E-state index contributed by atoms with van der Waals surface area (Å²) in [5.41, 5.74) is 4.21. The molecule has 8 nitrogen and oxygen atoms in total. The molecule has 0 aliphatic carbocycles. The number of hydrogen-bond acceptors (Lipinski definition) is 5. The zero-order chi connectivity index (χ0) is 24.7. The van der Waals surface area contributed by atoms with Crippen molar-refractivity contribution in [1.29, 1.82) is 0 Å². The molecule has 12 heteroatoms. The fraction of sp³-hybridized carbons (Fsp3) is 0.318. The third kappa shape index (κ3) is 6.80. The zero-order valence-electron chi connectivity index (χ0n) is 18.1. The number of carbonyl (C=O) groups excluding carboxylic acids is 3. The first-order valence-electron chi connectivity index (χ1n) is 10.2. The molecule has 1 aliphatic rings. The summed E-state index contributed by atoms with van der Waals surface area (Å²) in [5.74, 6) is -1.87. The van der Waals surface area contributed by atoms with Gasteiger partial charge in [-0.3, -0.25) is 20.4 Å². The van der Waals surface area contributed by atoms with Crippen molar-refractivity contribution in [3.8, 4) is 5.75 Å². The van der Waals surface area contributed by atoms with Gasteiger partial charge in [-0.2, -0.15) is 20.5 Å². The monoisotopic (exact) mass is 496 g/mol. The molecule has 2 aromatic rings. The van der Waals surface area contributed by atoms with Gasteiger partial charge in [0.15, 0.2) is 0 Å². The first kappa shape index (κ1) is 25.2. The Bertz CT molecular complexity index is 1040. The Morgan fingerprint density at radius 2 is 1.88 bits per heavy atom. The minimum atomic E-state index is -3.29. The summed E-state index contributed by atoms with van der Waals surface area (Å²) in [5, 5.41) is 2.77. The van der Waals surface area contributed by atoms with E-state index in [1.165, 1.54) is 12.1 Å². The average molecular weight is 497 g/mol. The highest BCUT2D eigenvalue weighted by atomic mass is 32.2. The largest absolute Gasteiger partial charge is 0.497 e. The van der Waals surface area contributed by atoms with Crippen molar-refractivity contribution >= 4 is 35.3 Å². The summed E-state index contributed by atoms with van der Waals surface area (Å²) in [6, 6.07) is 10.4. The average Bonchev–Trinajstić information content (AvgIpc) is 2.84. The molecule has 1 heterocycles. The van der Waals surface area contributed by atoms with Gasteiger partial charge in [0.1, 0.15) is 11.6 Å². The zero-order valence-corrected chi connectivity index (χ0v) is 19.0. The highest BCUT2D eigenvalue weighted by molar-refractivity contribution is 8.00. The highest BCUT2D eigenvalue weighted by Gasteiger charge is 2.25. The van der Waals surface area contributed by atoms with Crippen LogP contribution in [0, 0.1) is 5.82 Å². The van der Waals surface area contributed by atoms with Crippen molar-refractivity contribution in [2.24, 2.45) is 0 Å². The van der Waals surface area contributed by atoms with Crippen molar-refractivity contribution in [3.63, 3.8) is 0 Å². The number of benzene rings is 2. The smallest absolute Gasteiger partial charge is 0.321 e. The molecule has 1 fully saturated rings. The van der Waals surface area contributed by atoms with Gasteiger partial charge in [0, 0.05) is 35.3 Å². The summed E-state index contributed by atoms with van der Waals surface area (Å²) in [4.78, 5) is 37.1. The number of amides is 4. The van der Waals surface area contributed by atoms with Crippen LogP contribution in [-0.4, -0.2) is 60.4 Å². The molecular weight excluding hydrogens is 473 g/mol. The molecule has 0 aromatic heterocycles. The molecule has 1 unspecified atom stereocenters. The lowest BCUT2D eigenvalue weighted by atomic mass is 10.1. The van der Waals surface area contributed by atoms with E-state index < -0.39 is 24.1 Å². The second-order valence-corrected chi connectivity index (χ2v) is 8.76. The number of nitrogens with zero attached hydrogens (tertiary/aromatic N) is 1. The lowest BCUT2D eigenvalue weighted by molar-refractivity contribution is -0.132. The Morgan fingerprint density at radius 3 is 2.53 bits per heavy atom. The van der Waals surface area contributed by atoms with Gasteiger partial charge in [-0.05, 0) is 48.4 Å². The van der Waals surface area contributed by atoms with Gasteiger partial charge >= 0.3 is 18.4 Å². The van der Waals surface area contributed by atoms with E-state index in [-0.39, 0.29) is 16.8 Å². The first-order chi connectivity index (χ1) is 16.3. The third-order valence-corrected chi connectivity index (χ3v) is 6.23. The topological polar surface area (TPSA) is 99.8 Å². The summed E-state index contributed by atoms with van der Waals surface area (Å²) in [7, 11) is 1.56. The Labute approximate surface area is 198 Å². The molecule has 0 spiro atoms. The number of nitrogens with one attached hydrogen (secondary N) is 3. The van der Waals surface area contributed by atoms with Crippen LogP contribution in [0.5, 0.6) is 5.75 Å². The number of hydrazine groups is 1. The van der Waals surface area contributed by atoms with Crippen LogP contribution < -0.4 is 20.9 Å². The molecule has 1 saturated heterocycles. The Balaban J connectivity index is 1.55. The van der Waals surface area contributed by atoms with E-state index in [0.717, 1.165) is 6.07 Å². The van der Waals surface area contributed by atoms with Gasteiger partial charge in [0.05, 0.1) is 7.11 Å². The first-order valence-corrected chi connectivity index (χ1v) is 11.3. The SMILES string of the molecule is COc1ccc(NC(=O)N2CCSC(Cc3ccc(C(=O)NNC(=O)C(F)F)cc3F)C2)cc1. The van der Waals surface area contributed by atoms with Crippen molar-refractivity contribution in [2.45, 2.75) is 18.1 Å². The van der Waals surface area contributed by atoms with Crippen LogP contribution in [0.4, 0.5) is 23.7 Å². The normalized spacial score (nSPS) is 15.6. The Kier molecular flexibility index (Phi) is 8.63. The molecule has 0 saturated carbocycles. The number of methoxy groups -OCH3 is 1. The van der Waals surface area contributed by atoms with Crippen LogP contribution in [0.3, 0.4) is 0 Å². The van der Waals surface area contributed by atoms with Gasteiger partial charge in [0.2, 0.25) is 0 Å². The van der Waals surface area contributed by atoms with Gasteiger partial charge in [-0.1, -0.05) is 6.07 Å². The number of urea groups is 1. The number of rotatable bonds is 6. The number of ether oxygens (including phenoxy) is 1. The predicted molar refractivity (Wildman–Crippen MR) is 122 cm³/mol. The number of thioether (sulfide) groups is 1. The molecule has 34 heavy (non-hydrogen) atoms. The van der Waals surface area contributed by atoms with E-state index >= 15 is 0 Å². The van der Waals surface area contributed by atoms with Crippen LogP contribution >= 0.6 is 11.8 Å². The molecule has 3 N–H and O–H groups in total. The van der Waals surface area contributed by atoms with Crippen molar-refractivity contribution in [2.75, 3.05) is 31.3 Å². The van der Waals surface area contributed by atoms with Gasteiger partial charge in [-0.15, -0.1) is 0 Å². The quantitative estimate of drug-likeness (QED) is 0.534. The maximum Gasteiger partial charge on any atom is 0.321 e. The molecule has 182 valence electrons. The second kappa shape index (κ2) is 11.6. The molecule has 0 radical (unpaired) electrons. The van der Waals surface area contributed by atoms with E-state index in [1.54, 1.807) is 58.9 Å². The Morgan fingerprint density at radius 1 is 1.15 bits per heavy atom. The third-order valence-electron chi connectivity index (χ3n) is 5.03. The van der Waals surface area contributed by atoms with E-state index in [9.17, 15) is 27.6 Å². The fourth-order valence-electron chi connectivity index (χ4n) is 3.25. The van der Waals surface area contributed by atoms with Gasteiger partial charge in [0.25, 0.3) is 5.91 Å². The van der Waals surface area contributed by atoms with Gasteiger partial charge in [-0.25, -0.2) is 9.18 Å². The molecular formula is C22H23F3N4O4S. The fourth-order valence-corrected chi connectivity index (χ4v) is 4.49. The number of anilines is 1. The number of hydrogen-bond donors (Lipinski definition) is 3. The maximum absolute atomic E-state index is 14.6. The number of alkyl halides is 2. The lowest BCUT2D eigenvalue weighted by Crippen LogP contribution is -2.44. The van der Waals surface area contributed by atoms with E-state index in [2.05, 4.69) is 5.32 Å². The number of halogens is 3.